The molecule has 1 aliphatic heterocycles. The van der Waals surface area contributed by atoms with Gasteiger partial charge in [0.2, 0.25) is 0 Å². The minimum Gasteiger partial charge on any atom is -0.459 e. The Morgan fingerprint density at radius 1 is 0.971 bits per heavy atom. The Bertz CT molecular complexity index is 1270. The first-order chi connectivity index (χ1) is 17.2. The highest BCUT2D eigenvalue weighted by Gasteiger charge is 2.28. The second-order valence-corrected chi connectivity index (χ2v) is 9.12. The van der Waals surface area contributed by atoms with Gasteiger partial charge in [-0.1, -0.05) is 72.8 Å². The van der Waals surface area contributed by atoms with Crippen molar-refractivity contribution in [3.05, 3.63) is 107 Å². The summed E-state index contributed by atoms with van der Waals surface area (Å²) >= 11 is 0. The average molecular weight is 466 g/mol. The molecule has 5 heteroatoms. The third kappa shape index (κ3) is 6.13. The Morgan fingerprint density at radius 2 is 1.74 bits per heavy atom. The Hall–Kier alpha value is -3.54. The SMILES string of the molecule is C/C(=C\c1ccccc1)COc1ncc(C2CCNCC2OCc2ccc3ccccc3c2)cn1. The molecule has 0 bridgehead atoms. The van der Waals surface area contributed by atoms with Gasteiger partial charge in [-0.25, -0.2) is 9.97 Å². The van der Waals surface area contributed by atoms with Crippen LogP contribution in [0.2, 0.25) is 0 Å². The number of piperidine rings is 1. The first kappa shape index (κ1) is 23.2. The van der Waals surface area contributed by atoms with Crippen LogP contribution in [0.15, 0.2) is 90.8 Å². The van der Waals surface area contributed by atoms with Gasteiger partial charge >= 0.3 is 6.01 Å². The van der Waals surface area contributed by atoms with Gasteiger partial charge in [0.05, 0.1) is 12.7 Å². The molecule has 1 aromatic heterocycles. The second-order valence-electron chi connectivity index (χ2n) is 9.12. The van der Waals surface area contributed by atoms with Crippen molar-refractivity contribution in [2.75, 3.05) is 19.7 Å². The van der Waals surface area contributed by atoms with E-state index in [1.54, 1.807) is 0 Å². The molecule has 1 N–H and O–H groups in total. The maximum atomic E-state index is 6.39. The number of nitrogens with one attached hydrogen (secondary N) is 1. The molecule has 0 amide bonds. The van der Waals surface area contributed by atoms with Gasteiger partial charge in [-0.15, -0.1) is 0 Å². The van der Waals surface area contributed by atoms with E-state index in [9.17, 15) is 0 Å². The maximum absolute atomic E-state index is 6.39. The molecule has 3 aromatic carbocycles. The highest BCUT2D eigenvalue weighted by Crippen LogP contribution is 2.28. The van der Waals surface area contributed by atoms with E-state index in [4.69, 9.17) is 9.47 Å². The Labute approximate surface area is 206 Å². The van der Waals surface area contributed by atoms with Crippen LogP contribution in [0.3, 0.4) is 0 Å². The van der Waals surface area contributed by atoms with Crippen molar-refractivity contribution in [3.63, 3.8) is 0 Å². The zero-order chi connectivity index (χ0) is 23.9. The number of fused-ring (bicyclic) bond motifs is 1. The molecule has 0 aliphatic carbocycles. The van der Waals surface area contributed by atoms with Gasteiger partial charge in [0.15, 0.2) is 0 Å². The molecule has 2 atom stereocenters. The van der Waals surface area contributed by atoms with Gasteiger partial charge in [0.1, 0.15) is 6.61 Å². The summed E-state index contributed by atoms with van der Waals surface area (Å²) in [6, 6.07) is 25.6. The first-order valence-electron chi connectivity index (χ1n) is 12.2. The van der Waals surface area contributed by atoms with Crippen LogP contribution in [0.25, 0.3) is 16.8 Å². The summed E-state index contributed by atoms with van der Waals surface area (Å²) in [7, 11) is 0. The minimum atomic E-state index is 0.0710. The lowest BCUT2D eigenvalue weighted by atomic mass is 9.89. The molecular formula is C30H31N3O2. The van der Waals surface area contributed by atoms with E-state index in [0.29, 0.717) is 19.2 Å². The topological polar surface area (TPSA) is 56.3 Å². The molecule has 35 heavy (non-hydrogen) atoms. The molecule has 4 aromatic rings. The number of benzene rings is 3. The van der Waals surface area contributed by atoms with Crippen LogP contribution >= 0.6 is 0 Å². The summed E-state index contributed by atoms with van der Waals surface area (Å²) in [5.41, 5.74) is 4.56. The monoisotopic (exact) mass is 465 g/mol. The first-order valence-corrected chi connectivity index (χ1v) is 12.2. The van der Waals surface area contributed by atoms with E-state index < -0.39 is 0 Å². The number of aromatic nitrogens is 2. The fraction of sp³-hybridized carbons (Fsp3) is 0.267. The van der Waals surface area contributed by atoms with Crippen LogP contribution in [0.4, 0.5) is 0 Å². The van der Waals surface area contributed by atoms with Gasteiger partial charge in [0, 0.05) is 24.9 Å². The lowest BCUT2D eigenvalue weighted by molar-refractivity contribution is 0.0105. The molecule has 1 aliphatic rings. The quantitative estimate of drug-likeness (QED) is 0.358. The largest absolute Gasteiger partial charge is 0.459 e. The fourth-order valence-corrected chi connectivity index (χ4v) is 4.56. The van der Waals surface area contributed by atoms with Crippen LogP contribution < -0.4 is 10.1 Å². The van der Waals surface area contributed by atoms with Gasteiger partial charge < -0.3 is 14.8 Å². The van der Waals surface area contributed by atoms with Crippen LogP contribution in [0.5, 0.6) is 6.01 Å². The summed E-state index contributed by atoms with van der Waals surface area (Å²) in [4.78, 5) is 8.97. The van der Waals surface area contributed by atoms with Crippen molar-refractivity contribution in [1.82, 2.24) is 15.3 Å². The van der Waals surface area contributed by atoms with Crippen LogP contribution in [0.1, 0.15) is 36.0 Å². The number of nitrogens with zero attached hydrogens (tertiary/aromatic N) is 2. The molecule has 1 fully saturated rings. The summed E-state index contributed by atoms with van der Waals surface area (Å²) in [5, 5.41) is 5.96. The summed E-state index contributed by atoms with van der Waals surface area (Å²) < 4.78 is 12.2. The number of hydrogen-bond donors (Lipinski definition) is 1. The van der Waals surface area contributed by atoms with E-state index in [1.807, 2.05) is 37.5 Å². The minimum absolute atomic E-state index is 0.0710. The zero-order valence-corrected chi connectivity index (χ0v) is 20.1. The van der Waals surface area contributed by atoms with Gasteiger partial charge in [-0.3, -0.25) is 0 Å². The zero-order valence-electron chi connectivity index (χ0n) is 20.1. The molecule has 5 nitrogen and oxygen atoms in total. The average Bonchev–Trinajstić information content (AvgIpc) is 2.92. The summed E-state index contributed by atoms with van der Waals surface area (Å²) in [6.45, 7) is 4.87. The summed E-state index contributed by atoms with van der Waals surface area (Å²) in [5.74, 6) is 0.255. The third-order valence-electron chi connectivity index (χ3n) is 6.42. The van der Waals surface area contributed by atoms with E-state index >= 15 is 0 Å². The standard InChI is InChI=1S/C30H31N3O2/c1-22(15-23-7-3-2-4-8-23)20-35-30-32-17-27(18-33-30)28-13-14-31-19-29(28)34-21-24-11-12-25-9-5-6-10-26(25)16-24/h2-12,15-18,28-29,31H,13-14,19-21H2,1H3/b22-15+. The normalized spacial score (nSPS) is 18.5. The molecule has 0 radical (unpaired) electrons. The van der Waals surface area contributed by atoms with E-state index in [1.165, 1.54) is 16.3 Å². The summed E-state index contributed by atoms with van der Waals surface area (Å²) in [6.07, 6.45) is 6.95. The highest BCUT2D eigenvalue weighted by molar-refractivity contribution is 5.82. The number of hydrogen-bond acceptors (Lipinski definition) is 5. The third-order valence-corrected chi connectivity index (χ3v) is 6.42. The number of rotatable bonds is 8. The van der Waals surface area contributed by atoms with Crippen molar-refractivity contribution in [2.45, 2.75) is 32.0 Å². The van der Waals surface area contributed by atoms with Gasteiger partial charge in [0.25, 0.3) is 0 Å². The maximum Gasteiger partial charge on any atom is 0.316 e. The molecular weight excluding hydrogens is 434 g/mol. The molecule has 5 rings (SSSR count). The van der Waals surface area contributed by atoms with Crippen molar-refractivity contribution in [2.24, 2.45) is 0 Å². The van der Waals surface area contributed by atoms with Crippen molar-refractivity contribution in [1.29, 1.82) is 0 Å². The van der Waals surface area contributed by atoms with Crippen LogP contribution in [-0.2, 0) is 11.3 Å². The fourth-order valence-electron chi connectivity index (χ4n) is 4.56. The number of ether oxygens (including phenoxy) is 2. The molecule has 0 spiro atoms. The van der Waals surface area contributed by atoms with Crippen molar-refractivity contribution in [3.8, 4) is 6.01 Å². The van der Waals surface area contributed by atoms with Gasteiger partial charge in [-0.2, -0.15) is 0 Å². The molecule has 1 saturated heterocycles. The molecule has 2 heterocycles. The Kier molecular flexibility index (Phi) is 7.47. The Balaban J connectivity index is 1.19. The predicted octanol–water partition coefficient (Wildman–Crippen LogP) is 5.77. The second kappa shape index (κ2) is 11.3. The van der Waals surface area contributed by atoms with E-state index in [0.717, 1.165) is 36.2 Å². The lowest BCUT2D eigenvalue weighted by Gasteiger charge is -2.32. The van der Waals surface area contributed by atoms with Gasteiger partial charge in [-0.05, 0) is 59.0 Å². The molecule has 2 unspecified atom stereocenters. The highest BCUT2D eigenvalue weighted by atomic mass is 16.5. The van der Waals surface area contributed by atoms with E-state index in [-0.39, 0.29) is 12.0 Å². The Morgan fingerprint density at radius 3 is 2.57 bits per heavy atom. The lowest BCUT2D eigenvalue weighted by Crippen LogP contribution is -2.41. The van der Waals surface area contributed by atoms with E-state index in [2.05, 4.69) is 76.0 Å². The van der Waals surface area contributed by atoms with Crippen LogP contribution in [-0.4, -0.2) is 35.8 Å². The smallest absolute Gasteiger partial charge is 0.316 e. The van der Waals surface area contributed by atoms with Crippen molar-refractivity contribution >= 4 is 16.8 Å². The molecule has 178 valence electrons. The molecule has 0 saturated carbocycles. The predicted molar refractivity (Wildman–Crippen MR) is 140 cm³/mol. The van der Waals surface area contributed by atoms with Crippen LogP contribution in [0, 0.1) is 0 Å². The van der Waals surface area contributed by atoms with Crippen molar-refractivity contribution < 1.29 is 9.47 Å².